The van der Waals surface area contributed by atoms with Crippen molar-refractivity contribution in [3.63, 3.8) is 0 Å². The molecule has 1 N–H and O–H groups in total. The second kappa shape index (κ2) is 11.7. The zero-order valence-corrected chi connectivity index (χ0v) is 22.1. The molecule has 2 atom stereocenters. The van der Waals surface area contributed by atoms with Crippen LogP contribution >= 0.6 is 15.9 Å². The lowest BCUT2D eigenvalue weighted by molar-refractivity contribution is -0.139. The highest BCUT2D eigenvalue weighted by Gasteiger charge is 2.30. The number of benzene rings is 2. The molecule has 0 aliphatic rings. The predicted molar refractivity (Wildman–Crippen MR) is 135 cm³/mol. The molecule has 0 aliphatic heterocycles. The summed E-state index contributed by atoms with van der Waals surface area (Å²) in [7, 11) is -3.73. The summed E-state index contributed by atoms with van der Waals surface area (Å²) in [6.07, 6.45) is 1.83. The highest BCUT2D eigenvalue weighted by atomic mass is 79.9. The molecule has 0 fully saturated rings. The van der Waals surface area contributed by atoms with Crippen molar-refractivity contribution in [2.75, 3.05) is 17.1 Å². The van der Waals surface area contributed by atoms with E-state index in [2.05, 4.69) is 21.2 Å². The van der Waals surface area contributed by atoms with Gasteiger partial charge in [-0.05, 0) is 62.6 Å². The molecule has 2 amide bonds. The molecule has 0 aliphatic carbocycles. The van der Waals surface area contributed by atoms with Crippen LogP contribution < -0.4 is 9.62 Å². The molecule has 0 aromatic heterocycles. The molecule has 7 nitrogen and oxygen atoms in total. The highest BCUT2D eigenvalue weighted by molar-refractivity contribution is 9.10. The Bertz CT molecular complexity index is 1090. The molecule has 0 unspecified atom stereocenters. The lowest BCUT2D eigenvalue weighted by Crippen LogP contribution is -2.52. The third-order valence-corrected chi connectivity index (χ3v) is 7.01. The Morgan fingerprint density at radius 2 is 1.76 bits per heavy atom. The Hall–Kier alpha value is -2.39. The predicted octanol–water partition coefficient (Wildman–Crippen LogP) is 3.86. The number of carbonyl (C=O) groups excluding carboxylic acids is 2. The molecular formula is C24H32BrN3O4S. The second-order valence-corrected chi connectivity index (χ2v) is 11.1. The van der Waals surface area contributed by atoms with E-state index < -0.39 is 28.5 Å². The first kappa shape index (κ1) is 26.9. The van der Waals surface area contributed by atoms with Crippen molar-refractivity contribution in [3.8, 4) is 0 Å². The Morgan fingerprint density at radius 1 is 1.09 bits per heavy atom. The van der Waals surface area contributed by atoms with E-state index >= 15 is 0 Å². The summed E-state index contributed by atoms with van der Waals surface area (Å²) in [6.45, 7) is 7.13. The van der Waals surface area contributed by atoms with Crippen LogP contribution in [-0.2, 0) is 26.2 Å². The Kier molecular flexibility index (Phi) is 9.48. The van der Waals surface area contributed by atoms with Crippen molar-refractivity contribution in [3.05, 3.63) is 64.1 Å². The van der Waals surface area contributed by atoms with Crippen molar-refractivity contribution in [1.82, 2.24) is 10.2 Å². The van der Waals surface area contributed by atoms with E-state index in [1.807, 2.05) is 51.1 Å². The summed E-state index contributed by atoms with van der Waals surface area (Å²) < 4.78 is 27.1. The summed E-state index contributed by atoms with van der Waals surface area (Å²) in [5, 5.41) is 2.91. The van der Waals surface area contributed by atoms with Crippen LogP contribution in [0.25, 0.3) is 0 Å². The first-order valence-corrected chi connectivity index (χ1v) is 13.4. The first-order chi connectivity index (χ1) is 15.4. The van der Waals surface area contributed by atoms with Gasteiger partial charge in [0, 0.05) is 17.1 Å². The van der Waals surface area contributed by atoms with Gasteiger partial charge in [0.2, 0.25) is 21.8 Å². The summed E-state index contributed by atoms with van der Waals surface area (Å²) in [5.74, 6) is -0.747. The number of amides is 2. The third kappa shape index (κ3) is 7.85. The summed E-state index contributed by atoms with van der Waals surface area (Å²) in [6, 6.07) is 13.6. The number of rotatable bonds is 10. The first-order valence-electron chi connectivity index (χ1n) is 10.8. The van der Waals surface area contributed by atoms with Crippen LogP contribution in [0.2, 0.25) is 0 Å². The van der Waals surface area contributed by atoms with Gasteiger partial charge in [-0.15, -0.1) is 0 Å². The number of halogens is 1. The SMILES string of the molecule is CC[C@H](C)NC(=O)[C@H](C)N(Cc1cccc(Br)c1)C(=O)CN(c1cccc(C)c1)S(C)(=O)=O. The van der Waals surface area contributed by atoms with Crippen molar-refractivity contribution in [2.24, 2.45) is 0 Å². The minimum Gasteiger partial charge on any atom is -0.352 e. The van der Waals surface area contributed by atoms with Crippen LogP contribution in [-0.4, -0.2) is 50.0 Å². The number of hydrogen-bond acceptors (Lipinski definition) is 4. The van der Waals surface area contributed by atoms with E-state index in [-0.39, 0.29) is 18.5 Å². The van der Waals surface area contributed by atoms with E-state index in [1.165, 1.54) is 4.90 Å². The van der Waals surface area contributed by atoms with E-state index in [1.54, 1.807) is 25.1 Å². The van der Waals surface area contributed by atoms with Crippen LogP contribution in [0.3, 0.4) is 0 Å². The van der Waals surface area contributed by atoms with Gasteiger partial charge in [0.25, 0.3) is 0 Å². The maximum absolute atomic E-state index is 13.5. The molecule has 0 spiro atoms. The van der Waals surface area contributed by atoms with Gasteiger partial charge >= 0.3 is 0 Å². The number of aryl methyl sites for hydroxylation is 1. The lowest BCUT2D eigenvalue weighted by Gasteiger charge is -2.32. The summed E-state index contributed by atoms with van der Waals surface area (Å²) in [4.78, 5) is 27.8. The fourth-order valence-corrected chi connectivity index (χ4v) is 4.57. The Labute approximate surface area is 205 Å². The molecular weight excluding hydrogens is 506 g/mol. The van der Waals surface area contributed by atoms with Crippen LogP contribution in [0.15, 0.2) is 53.0 Å². The zero-order chi connectivity index (χ0) is 24.8. The van der Waals surface area contributed by atoms with Gasteiger partial charge in [0.05, 0.1) is 11.9 Å². The van der Waals surface area contributed by atoms with Crippen molar-refractivity contribution in [1.29, 1.82) is 0 Å². The number of hydrogen-bond donors (Lipinski definition) is 1. The molecule has 180 valence electrons. The summed E-state index contributed by atoms with van der Waals surface area (Å²) >= 11 is 3.43. The average Bonchev–Trinajstić information content (AvgIpc) is 2.74. The van der Waals surface area contributed by atoms with Gasteiger partial charge in [-0.25, -0.2) is 8.42 Å². The molecule has 2 rings (SSSR count). The van der Waals surface area contributed by atoms with E-state index in [9.17, 15) is 18.0 Å². The fourth-order valence-electron chi connectivity index (χ4n) is 3.28. The van der Waals surface area contributed by atoms with Crippen molar-refractivity contribution in [2.45, 2.75) is 52.7 Å². The second-order valence-electron chi connectivity index (χ2n) is 8.25. The topological polar surface area (TPSA) is 86.8 Å². The minimum absolute atomic E-state index is 0.0393. The number of sulfonamides is 1. The standard InChI is InChI=1S/C24H32BrN3O4S/c1-6-18(3)26-24(30)19(4)27(15-20-10-8-11-21(25)14-20)23(29)16-28(33(5,31)32)22-12-7-9-17(2)13-22/h7-14,18-19H,6,15-16H2,1-5H3,(H,26,30)/t18-,19-/m0/s1. The van der Waals surface area contributed by atoms with Gasteiger partial charge in [0.15, 0.2) is 0 Å². The minimum atomic E-state index is -3.73. The fraction of sp³-hybridized carbons (Fsp3) is 0.417. The van der Waals surface area contributed by atoms with E-state index in [4.69, 9.17) is 0 Å². The van der Waals surface area contributed by atoms with Crippen LogP contribution in [0.4, 0.5) is 5.69 Å². The number of anilines is 1. The van der Waals surface area contributed by atoms with Gasteiger partial charge in [0.1, 0.15) is 12.6 Å². The lowest BCUT2D eigenvalue weighted by atomic mass is 10.1. The maximum Gasteiger partial charge on any atom is 0.244 e. The molecule has 9 heteroatoms. The van der Waals surface area contributed by atoms with Crippen LogP contribution in [0, 0.1) is 6.92 Å². The molecule has 0 saturated carbocycles. The molecule has 2 aromatic rings. The normalized spacial score (nSPS) is 13.2. The molecule has 0 bridgehead atoms. The van der Waals surface area contributed by atoms with Crippen molar-refractivity contribution < 1.29 is 18.0 Å². The molecule has 0 saturated heterocycles. The van der Waals surface area contributed by atoms with Crippen LogP contribution in [0.1, 0.15) is 38.3 Å². The molecule has 0 heterocycles. The largest absolute Gasteiger partial charge is 0.352 e. The van der Waals surface area contributed by atoms with Gasteiger partial charge < -0.3 is 10.2 Å². The number of nitrogens with zero attached hydrogens (tertiary/aromatic N) is 2. The molecule has 2 aromatic carbocycles. The smallest absolute Gasteiger partial charge is 0.244 e. The maximum atomic E-state index is 13.5. The molecule has 0 radical (unpaired) electrons. The highest BCUT2D eigenvalue weighted by Crippen LogP contribution is 2.21. The van der Waals surface area contributed by atoms with Crippen molar-refractivity contribution >= 4 is 43.5 Å². The van der Waals surface area contributed by atoms with E-state index in [0.717, 1.165) is 32.6 Å². The summed E-state index contributed by atoms with van der Waals surface area (Å²) in [5.41, 5.74) is 2.10. The third-order valence-electron chi connectivity index (χ3n) is 5.38. The van der Waals surface area contributed by atoms with Gasteiger partial charge in [-0.1, -0.05) is 47.1 Å². The van der Waals surface area contributed by atoms with Crippen LogP contribution in [0.5, 0.6) is 0 Å². The van der Waals surface area contributed by atoms with E-state index in [0.29, 0.717) is 5.69 Å². The van der Waals surface area contributed by atoms with Gasteiger partial charge in [-0.3, -0.25) is 13.9 Å². The monoisotopic (exact) mass is 537 g/mol. The zero-order valence-electron chi connectivity index (χ0n) is 19.7. The molecule has 33 heavy (non-hydrogen) atoms. The quantitative estimate of drug-likeness (QED) is 0.498. The Morgan fingerprint density at radius 3 is 2.33 bits per heavy atom. The van der Waals surface area contributed by atoms with Gasteiger partial charge in [-0.2, -0.15) is 0 Å². The Balaban J connectivity index is 2.38. The number of nitrogens with one attached hydrogen (secondary N) is 1. The number of carbonyl (C=O) groups is 2. The average molecular weight is 539 g/mol.